The number of aromatic nitrogens is 2. The van der Waals surface area contributed by atoms with Crippen molar-refractivity contribution < 1.29 is 13.2 Å². The number of hydrogen-bond acceptors (Lipinski definition) is 5. The van der Waals surface area contributed by atoms with Gasteiger partial charge in [-0.3, -0.25) is 9.59 Å². The van der Waals surface area contributed by atoms with Crippen LogP contribution in [0.25, 0.3) is 0 Å². The predicted octanol–water partition coefficient (Wildman–Crippen LogP) is 3.80. The van der Waals surface area contributed by atoms with Crippen molar-refractivity contribution in [1.82, 2.24) is 9.78 Å². The summed E-state index contributed by atoms with van der Waals surface area (Å²) in [6.45, 7) is 5.38. The summed E-state index contributed by atoms with van der Waals surface area (Å²) >= 11 is 5.96. The van der Waals surface area contributed by atoms with E-state index in [4.69, 9.17) is 11.6 Å². The van der Waals surface area contributed by atoms with Crippen molar-refractivity contribution in [3.05, 3.63) is 81.1 Å². The van der Waals surface area contributed by atoms with Crippen molar-refractivity contribution in [1.29, 1.82) is 0 Å². The number of carbonyl (C=O) groups is 1. The van der Waals surface area contributed by atoms with Crippen LogP contribution in [0.3, 0.4) is 0 Å². The number of aryl methyl sites for hydroxylation is 1. The van der Waals surface area contributed by atoms with E-state index in [2.05, 4.69) is 10.4 Å². The van der Waals surface area contributed by atoms with E-state index in [0.29, 0.717) is 10.7 Å². The van der Waals surface area contributed by atoms with Crippen LogP contribution in [0.5, 0.6) is 0 Å². The van der Waals surface area contributed by atoms with E-state index >= 15 is 0 Å². The minimum atomic E-state index is -3.95. The highest BCUT2D eigenvalue weighted by Crippen LogP contribution is 2.22. The van der Waals surface area contributed by atoms with Crippen LogP contribution in [0.1, 0.15) is 30.9 Å². The number of anilines is 1. The molecule has 2 aromatic carbocycles. The summed E-state index contributed by atoms with van der Waals surface area (Å²) in [6, 6.07) is 13.8. The fraction of sp³-hybridized carbons (Fsp3) is 0.227. The van der Waals surface area contributed by atoms with Gasteiger partial charge in [0.1, 0.15) is 6.54 Å². The van der Waals surface area contributed by atoms with Gasteiger partial charge in [0.2, 0.25) is 15.7 Å². The summed E-state index contributed by atoms with van der Waals surface area (Å²) in [7, 11) is -3.95. The molecule has 0 unspecified atom stereocenters. The van der Waals surface area contributed by atoms with Crippen molar-refractivity contribution in [3.8, 4) is 0 Å². The summed E-state index contributed by atoms with van der Waals surface area (Å²) in [5.74, 6) is -0.269. The molecule has 162 valence electrons. The van der Waals surface area contributed by atoms with Crippen molar-refractivity contribution in [2.45, 2.75) is 43.2 Å². The first kappa shape index (κ1) is 22.7. The summed E-state index contributed by atoms with van der Waals surface area (Å²) in [5, 5.41) is 6.73. The lowest BCUT2D eigenvalue weighted by Gasteiger charge is -2.11. The Morgan fingerprint density at radius 1 is 1.10 bits per heavy atom. The van der Waals surface area contributed by atoms with E-state index < -0.39 is 27.8 Å². The zero-order valence-corrected chi connectivity index (χ0v) is 18.9. The van der Waals surface area contributed by atoms with Gasteiger partial charge in [-0.05, 0) is 54.3 Å². The number of amides is 1. The Labute approximate surface area is 185 Å². The van der Waals surface area contributed by atoms with Gasteiger partial charge in [-0.15, -0.1) is 0 Å². The van der Waals surface area contributed by atoms with Gasteiger partial charge in [0.25, 0.3) is 5.56 Å². The normalized spacial score (nSPS) is 11.5. The summed E-state index contributed by atoms with van der Waals surface area (Å²) in [6.07, 6.45) is 0. The second-order valence-electron chi connectivity index (χ2n) is 7.40. The number of sulfone groups is 1. The number of benzene rings is 2. The zero-order chi connectivity index (χ0) is 22.8. The summed E-state index contributed by atoms with van der Waals surface area (Å²) in [4.78, 5) is 24.7. The fourth-order valence-corrected chi connectivity index (χ4v) is 4.26. The number of nitrogens with one attached hydrogen (secondary N) is 1. The molecule has 3 aromatic rings. The summed E-state index contributed by atoms with van der Waals surface area (Å²) in [5.41, 5.74) is 1.70. The molecule has 0 atom stereocenters. The molecule has 0 saturated carbocycles. The molecule has 1 aromatic heterocycles. The van der Waals surface area contributed by atoms with Crippen molar-refractivity contribution in [3.63, 3.8) is 0 Å². The van der Waals surface area contributed by atoms with Gasteiger partial charge < -0.3 is 5.32 Å². The molecule has 1 amide bonds. The number of halogens is 1. The molecule has 7 nitrogen and oxygen atoms in total. The monoisotopic (exact) mass is 459 g/mol. The molecule has 0 spiro atoms. The largest absolute Gasteiger partial charge is 0.324 e. The maximum absolute atomic E-state index is 12.9. The minimum absolute atomic E-state index is 0.0635. The molecule has 0 radical (unpaired) electrons. The third-order valence-electron chi connectivity index (χ3n) is 4.74. The lowest BCUT2D eigenvalue weighted by molar-refractivity contribution is -0.117. The molecule has 0 bridgehead atoms. The van der Waals surface area contributed by atoms with E-state index in [1.165, 1.54) is 12.1 Å². The van der Waals surface area contributed by atoms with E-state index in [0.717, 1.165) is 27.9 Å². The first-order valence-electron chi connectivity index (χ1n) is 9.57. The van der Waals surface area contributed by atoms with Crippen molar-refractivity contribution in [2.75, 3.05) is 5.32 Å². The highest BCUT2D eigenvalue weighted by molar-refractivity contribution is 7.91. The molecule has 0 aliphatic heterocycles. The third kappa shape index (κ3) is 5.21. The Morgan fingerprint density at radius 2 is 1.77 bits per heavy atom. The van der Waals surface area contributed by atoms with Gasteiger partial charge in [-0.1, -0.05) is 43.6 Å². The smallest absolute Gasteiger partial charge is 0.267 e. The van der Waals surface area contributed by atoms with Gasteiger partial charge in [-0.2, -0.15) is 5.10 Å². The number of carbonyl (C=O) groups excluding carboxylic acids is 1. The molecule has 1 N–H and O–H groups in total. The zero-order valence-electron chi connectivity index (χ0n) is 17.3. The van der Waals surface area contributed by atoms with E-state index in [1.807, 2.05) is 13.8 Å². The molecule has 0 aliphatic carbocycles. The molecule has 0 fully saturated rings. The molecular weight excluding hydrogens is 438 g/mol. The molecule has 31 heavy (non-hydrogen) atoms. The van der Waals surface area contributed by atoms with Crippen LogP contribution in [0.4, 0.5) is 5.69 Å². The fourth-order valence-electron chi connectivity index (χ4n) is 2.89. The van der Waals surface area contributed by atoms with Crippen LogP contribution in [-0.2, 0) is 21.2 Å². The number of hydrogen-bond donors (Lipinski definition) is 1. The van der Waals surface area contributed by atoms with Crippen LogP contribution in [0.15, 0.2) is 69.3 Å². The predicted molar refractivity (Wildman–Crippen MR) is 119 cm³/mol. The van der Waals surface area contributed by atoms with Gasteiger partial charge in [0.15, 0.2) is 5.03 Å². The van der Waals surface area contributed by atoms with Crippen LogP contribution >= 0.6 is 11.6 Å². The Kier molecular flexibility index (Phi) is 6.62. The Balaban J connectivity index is 1.86. The second kappa shape index (κ2) is 9.03. The molecule has 9 heteroatoms. The molecule has 1 heterocycles. The topological polar surface area (TPSA) is 98.1 Å². The first-order valence-corrected chi connectivity index (χ1v) is 11.4. The molecule has 0 saturated heterocycles. The average molecular weight is 460 g/mol. The van der Waals surface area contributed by atoms with Crippen LogP contribution in [-0.4, -0.2) is 24.1 Å². The Morgan fingerprint density at radius 3 is 2.42 bits per heavy atom. The summed E-state index contributed by atoms with van der Waals surface area (Å²) < 4.78 is 26.7. The van der Waals surface area contributed by atoms with Crippen molar-refractivity contribution >= 4 is 33.0 Å². The SMILES string of the molecule is Cc1ccc(Cl)cc1NC(=O)Cn1nc(S(=O)(=O)c2ccc(C(C)C)cc2)ccc1=O. The van der Waals surface area contributed by atoms with Crippen LogP contribution in [0.2, 0.25) is 5.02 Å². The third-order valence-corrected chi connectivity index (χ3v) is 6.64. The second-order valence-corrected chi connectivity index (χ2v) is 9.74. The van der Waals surface area contributed by atoms with Crippen LogP contribution in [0, 0.1) is 6.92 Å². The standard InChI is InChI=1S/C22H22ClN3O4S/c1-14(2)16-5-8-18(9-6-16)31(29,30)21-10-11-22(28)26(25-21)13-20(27)24-19-12-17(23)7-4-15(19)3/h4-12,14H,13H2,1-3H3,(H,24,27). The highest BCUT2D eigenvalue weighted by Gasteiger charge is 2.21. The molecule has 3 rings (SSSR count). The van der Waals surface area contributed by atoms with E-state index in [-0.39, 0.29) is 15.8 Å². The van der Waals surface area contributed by atoms with Gasteiger partial charge in [0, 0.05) is 16.8 Å². The van der Waals surface area contributed by atoms with Crippen LogP contribution < -0.4 is 10.9 Å². The maximum atomic E-state index is 12.9. The van der Waals surface area contributed by atoms with E-state index in [1.54, 1.807) is 37.3 Å². The minimum Gasteiger partial charge on any atom is -0.324 e. The number of nitrogens with zero attached hydrogens (tertiary/aromatic N) is 2. The average Bonchev–Trinajstić information content (AvgIpc) is 2.72. The highest BCUT2D eigenvalue weighted by atomic mass is 35.5. The van der Waals surface area contributed by atoms with Gasteiger partial charge >= 0.3 is 0 Å². The Hall–Kier alpha value is -2.97. The van der Waals surface area contributed by atoms with Gasteiger partial charge in [-0.25, -0.2) is 13.1 Å². The quantitative estimate of drug-likeness (QED) is 0.604. The van der Waals surface area contributed by atoms with Gasteiger partial charge in [0.05, 0.1) is 4.90 Å². The Bertz CT molecular complexity index is 1280. The lowest BCUT2D eigenvalue weighted by atomic mass is 10.0. The molecule has 0 aliphatic rings. The molecular formula is C22H22ClN3O4S. The number of rotatable bonds is 6. The maximum Gasteiger partial charge on any atom is 0.267 e. The lowest BCUT2D eigenvalue weighted by Crippen LogP contribution is -2.30. The van der Waals surface area contributed by atoms with Crippen molar-refractivity contribution in [2.24, 2.45) is 0 Å². The van der Waals surface area contributed by atoms with E-state index in [9.17, 15) is 18.0 Å². The first-order chi connectivity index (χ1) is 14.6.